The molecule has 0 aliphatic heterocycles. The zero-order chi connectivity index (χ0) is 17.6. The Morgan fingerprint density at radius 1 is 1.46 bits per heavy atom. The molecule has 0 aliphatic rings. The van der Waals surface area contributed by atoms with Crippen molar-refractivity contribution in [1.29, 1.82) is 0 Å². The Labute approximate surface area is 149 Å². The number of halogens is 3. The van der Waals surface area contributed by atoms with E-state index in [-0.39, 0.29) is 22.0 Å². The van der Waals surface area contributed by atoms with Gasteiger partial charge in [-0.2, -0.15) is 0 Å². The van der Waals surface area contributed by atoms with Crippen LogP contribution in [-0.4, -0.2) is 25.9 Å². The minimum Gasteiger partial charge on any atom is -0.508 e. The first-order valence-corrected chi connectivity index (χ1v) is 8.05. The molecule has 0 aliphatic carbocycles. The molecule has 24 heavy (non-hydrogen) atoms. The molecular formula is C16H11BrClFN2O3. The quantitative estimate of drug-likeness (QED) is 0.621. The molecule has 3 aromatic rings. The summed E-state index contributed by atoms with van der Waals surface area (Å²) in [5.41, 5.74) is 1.00. The Morgan fingerprint density at radius 3 is 2.83 bits per heavy atom. The smallest absolute Gasteiger partial charge is 0.417 e. The van der Waals surface area contributed by atoms with E-state index in [0.29, 0.717) is 15.4 Å². The molecule has 0 radical (unpaired) electrons. The van der Waals surface area contributed by atoms with Crippen LogP contribution in [0.15, 0.2) is 35.1 Å². The second-order valence-electron chi connectivity index (χ2n) is 5.28. The molecule has 2 aromatic heterocycles. The van der Waals surface area contributed by atoms with Crippen molar-refractivity contribution in [2.45, 2.75) is 12.8 Å². The van der Waals surface area contributed by atoms with Crippen molar-refractivity contribution in [3.8, 4) is 5.75 Å². The van der Waals surface area contributed by atoms with E-state index in [1.807, 2.05) is 0 Å². The van der Waals surface area contributed by atoms with Gasteiger partial charge in [0.25, 0.3) is 0 Å². The van der Waals surface area contributed by atoms with Gasteiger partial charge >= 0.3 is 6.09 Å². The highest BCUT2D eigenvalue weighted by Gasteiger charge is 2.24. The van der Waals surface area contributed by atoms with Crippen LogP contribution >= 0.6 is 27.5 Å². The number of aromatic nitrogens is 2. The van der Waals surface area contributed by atoms with E-state index in [9.17, 15) is 19.4 Å². The molecule has 0 spiro atoms. The van der Waals surface area contributed by atoms with Gasteiger partial charge < -0.3 is 10.2 Å². The predicted molar refractivity (Wildman–Crippen MR) is 91.4 cm³/mol. The van der Waals surface area contributed by atoms with Gasteiger partial charge in [-0.1, -0.05) is 18.5 Å². The number of hydrogen-bond acceptors (Lipinski definition) is 3. The lowest BCUT2D eigenvalue weighted by atomic mass is 9.92. The topological polar surface area (TPSA) is 75.4 Å². The largest absolute Gasteiger partial charge is 0.508 e. The van der Waals surface area contributed by atoms with Crippen LogP contribution in [0.1, 0.15) is 24.0 Å². The van der Waals surface area contributed by atoms with E-state index < -0.39 is 17.8 Å². The van der Waals surface area contributed by atoms with Crippen molar-refractivity contribution in [2.75, 3.05) is 0 Å². The van der Waals surface area contributed by atoms with Crippen LogP contribution in [0.2, 0.25) is 5.02 Å². The number of carboxylic acid groups (broad SMARTS) is 1. The summed E-state index contributed by atoms with van der Waals surface area (Å²) in [5, 5.41) is 19.8. The number of rotatable bonds is 2. The lowest BCUT2D eigenvalue weighted by Gasteiger charge is -2.15. The summed E-state index contributed by atoms with van der Waals surface area (Å²) in [5.74, 6) is -1.36. The number of hydrogen-bond donors (Lipinski definition) is 2. The Balaban J connectivity index is 2.28. The first kappa shape index (κ1) is 16.7. The fourth-order valence-electron chi connectivity index (χ4n) is 2.72. The molecule has 0 bridgehead atoms. The van der Waals surface area contributed by atoms with Crippen molar-refractivity contribution >= 4 is 44.7 Å². The third-order valence-electron chi connectivity index (χ3n) is 3.86. The van der Waals surface area contributed by atoms with Crippen LogP contribution in [0.3, 0.4) is 0 Å². The van der Waals surface area contributed by atoms with E-state index >= 15 is 0 Å². The molecule has 2 N–H and O–H groups in total. The van der Waals surface area contributed by atoms with Gasteiger partial charge in [0, 0.05) is 33.7 Å². The third kappa shape index (κ3) is 2.63. The van der Waals surface area contributed by atoms with Crippen LogP contribution < -0.4 is 0 Å². The van der Waals surface area contributed by atoms with E-state index in [1.165, 1.54) is 18.5 Å². The molecule has 0 saturated carbocycles. The molecule has 5 nitrogen and oxygen atoms in total. The number of nitrogens with zero attached hydrogens (tertiary/aromatic N) is 2. The number of pyridine rings is 1. The first-order valence-electron chi connectivity index (χ1n) is 6.88. The Morgan fingerprint density at radius 2 is 2.17 bits per heavy atom. The van der Waals surface area contributed by atoms with Crippen LogP contribution in [0, 0.1) is 5.82 Å². The molecule has 0 saturated heterocycles. The standard InChI is InChI=1S/C16H11BrClFN2O3/c1-7(13-12(22)3-2-11(19)14(13)18)10-6-21(16(23)24)15-9(10)4-8(17)5-20-15/h2-7,22H,1H3,(H,23,24)/t7-/m0/s1. The van der Waals surface area contributed by atoms with Gasteiger partial charge in [-0.3, -0.25) is 0 Å². The van der Waals surface area contributed by atoms with Crippen molar-refractivity contribution in [3.63, 3.8) is 0 Å². The molecule has 1 atom stereocenters. The maximum Gasteiger partial charge on any atom is 0.417 e. The molecule has 0 amide bonds. The van der Waals surface area contributed by atoms with E-state index in [0.717, 1.165) is 10.6 Å². The van der Waals surface area contributed by atoms with E-state index in [2.05, 4.69) is 20.9 Å². The van der Waals surface area contributed by atoms with Gasteiger partial charge in [0.05, 0.1) is 5.02 Å². The predicted octanol–water partition coefficient (Wildman–Crippen LogP) is 4.97. The summed E-state index contributed by atoms with van der Waals surface area (Å²) in [7, 11) is 0. The highest BCUT2D eigenvalue weighted by Crippen LogP contribution is 2.40. The minimum atomic E-state index is -1.19. The highest BCUT2D eigenvalue weighted by molar-refractivity contribution is 9.10. The zero-order valence-electron chi connectivity index (χ0n) is 12.3. The monoisotopic (exact) mass is 412 g/mol. The average Bonchev–Trinajstić information content (AvgIpc) is 2.90. The fourth-order valence-corrected chi connectivity index (χ4v) is 3.38. The molecule has 3 rings (SSSR count). The summed E-state index contributed by atoms with van der Waals surface area (Å²) in [4.78, 5) is 15.6. The minimum absolute atomic E-state index is 0.159. The Kier molecular flexibility index (Phi) is 4.23. The zero-order valence-corrected chi connectivity index (χ0v) is 14.6. The number of phenolic OH excluding ortho intramolecular Hbond substituents is 1. The third-order valence-corrected chi connectivity index (χ3v) is 4.67. The second-order valence-corrected chi connectivity index (χ2v) is 6.57. The van der Waals surface area contributed by atoms with Gasteiger partial charge in [0.15, 0.2) is 0 Å². The maximum absolute atomic E-state index is 13.8. The molecule has 8 heteroatoms. The lowest BCUT2D eigenvalue weighted by molar-refractivity contribution is 0.197. The molecular weight excluding hydrogens is 403 g/mol. The molecule has 2 heterocycles. The van der Waals surface area contributed by atoms with E-state index in [1.54, 1.807) is 13.0 Å². The van der Waals surface area contributed by atoms with Gasteiger partial charge in [-0.15, -0.1) is 0 Å². The Hall–Kier alpha value is -2.12. The SMILES string of the molecule is C[C@H](c1c(O)ccc(F)c1Cl)c1cn(C(=O)O)c2ncc(Br)cc12. The number of fused-ring (bicyclic) bond motifs is 1. The van der Waals surface area contributed by atoms with Crippen LogP contribution in [-0.2, 0) is 0 Å². The van der Waals surface area contributed by atoms with Crippen LogP contribution in [0.4, 0.5) is 9.18 Å². The van der Waals surface area contributed by atoms with Crippen LogP contribution in [0.5, 0.6) is 5.75 Å². The van der Waals surface area contributed by atoms with Crippen LogP contribution in [0.25, 0.3) is 11.0 Å². The van der Waals surface area contributed by atoms with Crippen molar-refractivity contribution < 1.29 is 19.4 Å². The molecule has 0 unspecified atom stereocenters. The van der Waals surface area contributed by atoms with Gasteiger partial charge in [-0.25, -0.2) is 18.7 Å². The summed E-state index contributed by atoms with van der Waals surface area (Å²) < 4.78 is 15.4. The normalized spacial score (nSPS) is 12.5. The Bertz CT molecular complexity index is 974. The maximum atomic E-state index is 13.8. The molecule has 0 fully saturated rings. The summed E-state index contributed by atoms with van der Waals surface area (Å²) in [6.45, 7) is 1.71. The van der Waals surface area contributed by atoms with Crippen molar-refractivity contribution in [1.82, 2.24) is 9.55 Å². The fraction of sp³-hybridized carbons (Fsp3) is 0.125. The van der Waals surface area contributed by atoms with Gasteiger partial charge in [0.1, 0.15) is 17.2 Å². The van der Waals surface area contributed by atoms with Gasteiger partial charge in [0.2, 0.25) is 0 Å². The summed E-state index contributed by atoms with van der Waals surface area (Å²) in [6.07, 6.45) is 1.70. The highest BCUT2D eigenvalue weighted by atomic mass is 79.9. The first-order chi connectivity index (χ1) is 11.3. The summed E-state index contributed by atoms with van der Waals surface area (Å²) in [6, 6.07) is 4.02. The number of aromatic hydroxyl groups is 1. The van der Waals surface area contributed by atoms with Gasteiger partial charge in [-0.05, 0) is 39.7 Å². The molecule has 1 aromatic carbocycles. The van der Waals surface area contributed by atoms with Crippen molar-refractivity contribution in [3.05, 3.63) is 57.0 Å². The van der Waals surface area contributed by atoms with E-state index in [4.69, 9.17) is 11.6 Å². The number of carbonyl (C=O) groups is 1. The second kappa shape index (κ2) is 6.07. The summed E-state index contributed by atoms with van der Waals surface area (Å²) >= 11 is 9.32. The molecule has 124 valence electrons. The number of phenols is 1. The van der Waals surface area contributed by atoms with Crippen molar-refractivity contribution in [2.24, 2.45) is 0 Å². The average molecular weight is 414 g/mol. The number of benzene rings is 1. The lowest BCUT2D eigenvalue weighted by Crippen LogP contribution is -2.06.